The molecule has 0 bridgehead atoms. The Morgan fingerprint density at radius 2 is 1.71 bits per heavy atom. The molecule has 2 heterocycles. The molecule has 0 unspecified atom stereocenters. The van der Waals surface area contributed by atoms with Crippen molar-refractivity contribution in [2.75, 3.05) is 11.7 Å². The zero-order chi connectivity index (χ0) is 24.5. The van der Waals surface area contributed by atoms with Crippen molar-refractivity contribution in [1.29, 1.82) is 0 Å². The quantitative estimate of drug-likeness (QED) is 0.321. The predicted molar refractivity (Wildman–Crippen MR) is 134 cm³/mol. The van der Waals surface area contributed by atoms with Crippen LogP contribution in [0.5, 0.6) is 17.2 Å². The third kappa shape index (κ3) is 4.80. The van der Waals surface area contributed by atoms with Crippen LogP contribution in [-0.4, -0.2) is 24.6 Å². The number of ether oxygens (including phenoxy) is 3. The van der Waals surface area contributed by atoms with Crippen molar-refractivity contribution in [3.8, 4) is 17.2 Å². The van der Waals surface area contributed by atoms with Gasteiger partial charge in [-0.3, -0.25) is 14.9 Å². The molecule has 0 radical (unpaired) electrons. The number of nitrogens with zero attached hydrogens (tertiary/aromatic N) is 1. The normalized spacial score (nSPS) is 16.0. The van der Waals surface area contributed by atoms with Gasteiger partial charge in [0.05, 0.1) is 5.69 Å². The Balaban J connectivity index is 1.33. The molecule has 176 valence electrons. The smallest absolute Gasteiger partial charge is 0.335 e. The van der Waals surface area contributed by atoms with E-state index in [-0.39, 0.29) is 18.1 Å². The van der Waals surface area contributed by atoms with E-state index in [1.807, 2.05) is 18.2 Å². The number of carbonyl (C=O) groups is 3. The first kappa shape index (κ1) is 23.1. The molecule has 10 heteroatoms. The van der Waals surface area contributed by atoms with Crippen LogP contribution in [0.2, 0.25) is 0 Å². The summed E-state index contributed by atoms with van der Waals surface area (Å²) < 4.78 is 18.3. The molecule has 35 heavy (non-hydrogen) atoms. The number of urea groups is 1. The summed E-state index contributed by atoms with van der Waals surface area (Å²) in [7, 11) is 0. The standard InChI is InChI=1S/C25H16Br2N2O6/c26-16-4-3-15(20(27)10-16)12-33-18-6-1-14(2-7-18)9-19-23(30)28-25(32)29(24(19)31)17-5-8-21-22(11-17)35-13-34-21/h1-11H,12-13H2,(H,28,30,32)/b19-9+. The van der Waals surface area contributed by atoms with Crippen molar-refractivity contribution in [3.05, 3.63) is 86.3 Å². The number of nitrogens with one attached hydrogen (secondary N) is 1. The zero-order valence-electron chi connectivity index (χ0n) is 17.9. The molecular formula is C25H16Br2N2O6. The Kier molecular flexibility index (Phi) is 6.31. The van der Waals surface area contributed by atoms with E-state index < -0.39 is 17.8 Å². The van der Waals surface area contributed by atoms with Gasteiger partial charge in [0.15, 0.2) is 11.5 Å². The van der Waals surface area contributed by atoms with Crippen LogP contribution in [0.15, 0.2) is 75.2 Å². The van der Waals surface area contributed by atoms with E-state index in [0.29, 0.717) is 29.4 Å². The number of hydrogen-bond acceptors (Lipinski definition) is 6. The summed E-state index contributed by atoms with van der Waals surface area (Å²) in [5.41, 5.74) is 1.67. The monoisotopic (exact) mass is 598 g/mol. The number of carbonyl (C=O) groups excluding carboxylic acids is 3. The lowest BCUT2D eigenvalue weighted by atomic mass is 10.1. The van der Waals surface area contributed by atoms with Gasteiger partial charge in [-0.05, 0) is 48.0 Å². The molecule has 4 amide bonds. The average Bonchev–Trinajstić information content (AvgIpc) is 3.30. The maximum Gasteiger partial charge on any atom is 0.335 e. The van der Waals surface area contributed by atoms with Crippen LogP contribution in [-0.2, 0) is 16.2 Å². The molecule has 8 nitrogen and oxygen atoms in total. The number of hydrogen-bond donors (Lipinski definition) is 1. The maximum atomic E-state index is 13.1. The second-order valence-corrected chi connectivity index (χ2v) is 9.36. The highest BCUT2D eigenvalue weighted by Crippen LogP contribution is 2.36. The van der Waals surface area contributed by atoms with Gasteiger partial charge >= 0.3 is 6.03 Å². The van der Waals surface area contributed by atoms with Crippen LogP contribution in [0.1, 0.15) is 11.1 Å². The van der Waals surface area contributed by atoms with Gasteiger partial charge in [-0.1, -0.05) is 50.1 Å². The maximum absolute atomic E-state index is 13.1. The molecule has 3 aromatic rings. The fourth-order valence-electron chi connectivity index (χ4n) is 3.54. The van der Waals surface area contributed by atoms with Crippen LogP contribution < -0.4 is 24.4 Å². The first-order valence-corrected chi connectivity index (χ1v) is 12.0. The first-order chi connectivity index (χ1) is 16.9. The molecule has 2 aliphatic heterocycles. The van der Waals surface area contributed by atoms with Crippen LogP contribution in [0.4, 0.5) is 10.5 Å². The predicted octanol–water partition coefficient (Wildman–Crippen LogP) is 5.19. The lowest BCUT2D eigenvalue weighted by Crippen LogP contribution is -2.54. The fraction of sp³-hybridized carbons (Fsp3) is 0.0800. The summed E-state index contributed by atoms with van der Waals surface area (Å²) in [6.45, 7) is 0.421. The number of halogens is 2. The Morgan fingerprint density at radius 1 is 0.943 bits per heavy atom. The number of anilines is 1. The van der Waals surface area contributed by atoms with Crippen LogP contribution >= 0.6 is 31.9 Å². The Bertz CT molecular complexity index is 1390. The van der Waals surface area contributed by atoms with Crippen LogP contribution in [0.3, 0.4) is 0 Å². The molecule has 0 atom stereocenters. The topological polar surface area (TPSA) is 94.2 Å². The molecule has 1 N–H and O–H groups in total. The summed E-state index contributed by atoms with van der Waals surface area (Å²) in [5.74, 6) is 0.0468. The Morgan fingerprint density at radius 3 is 2.49 bits per heavy atom. The highest BCUT2D eigenvalue weighted by atomic mass is 79.9. The van der Waals surface area contributed by atoms with Crippen molar-refractivity contribution in [2.24, 2.45) is 0 Å². The number of barbiturate groups is 1. The van der Waals surface area contributed by atoms with E-state index in [2.05, 4.69) is 37.2 Å². The van der Waals surface area contributed by atoms with Gasteiger partial charge in [-0.15, -0.1) is 0 Å². The van der Waals surface area contributed by atoms with E-state index >= 15 is 0 Å². The van der Waals surface area contributed by atoms with Gasteiger partial charge in [0, 0.05) is 20.6 Å². The molecule has 3 aromatic carbocycles. The molecule has 0 spiro atoms. The minimum absolute atomic E-state index is 0.0582. The van der Waals surface area contributed by atoms with E-state index in [9.17, 15) is 14.4 Å². The third-order valence-electron chi connectivity index (χ3n) is 5.32. The van der Waals surface area contributed by atoms with Gasteiger partial charge in [-0.25, -0.2) is 9.69 Å². The summed E-state index contributed by atoms with van der Waals surface area (Å²) in [6.07, 6.45) is 1.43. The third-order valence-corrected chi connectivity index (χ3v) is 6.55. The van der Waals surface area contributed by atoms with Crippen molar-refractivity contribution < 1.29 is 28.6 Å². The van der Waals surface area contributed by atoms with Gasteiger partial charge in [0.2, 0.25) is 6.79 Å². The molecule has 1 saturated heterocycles. The summed E-state index contributed by atoms with van der Waals surface area (Å²) in [5, 5.41) is 2.21. The first-order valence-electron chi connectivity index (χ1n) is 10.4. The number of imide groups is 2. The number of amides is 4. The summed E-state index contributed by atoms with van der Waals surface area (Å²) >= 11 is 6.93. The fourth-order valence-corrected chi connectivity index (χ4v) is 4.70. The lowest BCUT2D eigenvalue weighted by Gasteiger charge is -2.26. The molecule has 5 rings (SSSR count). The van der Waals surface area contributed by atoms with Crippen molar-refractivity contribution in [1.82, 2.24) is 5.32 Å². The van der Waals surface area contributed by atoms with Gasteiger partial charge < -0.3 is 14.2 Å². The van der Waals surface area contributed by atoms with Crippen LogP contribution in [0.25, 0.3) is 6.08 Å². The Labute approximate surface area is 216 Å². The molecule has 0 aliphatic carbocycles. The number of rotatable bonds is 5. The molecule has 2 aliphatic rings. The second kappa shape index (κ2) is 9.55. The van der Waals surface area contributed by atoms with E-state index in [1.165, 1.54) is 12.1 Å². The average molecular weight is 600 g/mol. The largest absolute Gasteiger partial charge is 0.489 e. The molecular weight excluding hydrogens is 584 g/mol. The Hall–Kier alpha value is -3.63. The number of benzene rings is 3. The van der Waals surface area contributed by atoms with Gasteiger partial charge in [0.25, 0.3) is 11.8 Å². The summed E-state index contributed by atoms with van der Waals surface area (Å²) in [6, 6.07) is 16.6. The van der Waals surface area contributed by atoms with E-state index in [0.717, 1.165) is 19.4 Å². The zero-order valence-corrected chi connectivity index (χ0v) is 21.1. The molecule has 1 fully saturated rings. The van der Waals surface area contributed by atoms with Gasteiger partial charge in [-0.2, -0.15) is 0 Å². The summed E-state index contributed by atoms with van der Waals surface area (Å²) in [4.78, 5) is 38.9. The van der Waals surface area contributed by atoms with Crippen molar-refractivity contribution >= 4 is 61.5 Å². The lowest BCUT2D eigenvalue weighted by molar-refractivity contribution is -0.122. The van der Waals surface area contributed by atoms with Crippen molar-refractivity contribution in [2.45, 2.75) is 6.61 Å². The highest BCUT2D eigenvalue weighted by Gasteiger charge is 2.37. The molecule has 0 saturated carbocycles. The van der Waals surface area contributed by atoms with Gasteiger partial charge in [0.1, 0.15) is 17.9 Å². The van der Waals surface area contributed by atoms with E-state index in [1.54, 1.807) is 36.4 Å². The minimum atomic E-state index is -0.834. The van der Waals surface area contributed by atoms with Crippen molar-refractivity contribution in [3.63, 3.8) is 0 Å². The van der Waals surface area contributed by atoms with E-state index in [4.69, 9.17) is 14.2 Å². The SMILES string of the molecule is O=C1NC(=O)N(c2ccc3c(c2)OCO3)C(=O)/C1=C/c1ccc(OCc2ccc(Br)cc2Br)cc1. The number of fused-ring (bicyclic) bond motifs is 1. The molecule has 0 aromatic heterocycles. The second-order valence-electron chi connectivity index (χ2n) is 7.59. The van der Waals surface area contributed by atoms with Crippen LogP contribution in [0, 0.1) is 0 Å². The minimum Gasteiger partial charge on any atom is -0.489 e. The highest BCUT2D eigenvalue weighted by molar-refractivity contribution is 9.11.